The molecule has 3 heteroatoms. The van der Waals surface area contributed by atoms with Crippen molar-refractivity contribution in [1.82, 2.24) is 0 Å². The van der Waals surface area contributed by atoms with E-state index in [2.05, 4.69) is 0 Å². The second-order valence-electron chi connectivity index (χ2n) is 6.69. The fourth-order valence-electron chi connectivity index (χ4n) is 2.87. The van der Waals surface area contributed by atoms with E-state index < -0.39 is 0 Å². The first-order valence-corrected chi connectivity index (χ1v) is 9.21. The number of rotatable bonds is 7. The minimum atomic E-state index is -0.0199. The van der Waals surface area contributed by atoms with Crippen molar-refractivity contribution in [3.05, 3.63) is 101 Å². The van der Waals surface area contributed by atoms with Gasteiger partial charge in [0.1, 0.15) is 18.1 Å². The first-order chi connectivity index (χ1) is 13.6. The van der Waals surface area contributed by atoms with Crippen LogP contribution in [0, 0.1) is 13.8 Å². The Morgan fingerprint density at radius 3 is 2.39 bits per heavy atom. The van der Waals surface area contributed by atoms with Crippen molar-refractivity contribution in [3.8, 4) is 11.5 Å². The summed E-state index contributed by atoms with van der Waals surface area (Å²) in [5.74, 6) is 1.59. The summed E-state index contributed by atoms with van der Waals surface area (Å²) in [6.45, 7) is 4.41. The lowest BCUT2D eigenvalue weighted by Crippen LogP contribution is -2.00. The molecule has 0 heterocycles. The Morgan fingerprint density at radius 1 is 0.929 bits per heavy atom. The average Bonchev–Trinajstić information content (AvgIpc) is 2.72. The fraction of sp³-hybridized carbons (Fsp3) is 0.160. The first-order valence-electron chi connectivity index (χ1n) is 9.21. The van der Waals surface area contributed by atoms with Crippen LogP contribution in [0.4, 0.5) is 0 Å². The molecule has 0 bridgehead atoms. The molecule has 0 aromatic heterocycles. The molecule has 3 aromatic carbocycles. The summed E-state index contributed by atoms with van der Waals surface area (Å²) in [7, 11) is 1.64. The topological polar surface area (TPSA) is 35.5 Å². The molecule has 0 fully saturated rings. The van der Waals surface area contributed by atoms with E-state index >= 15 is 0 Å². The molecule has 28 heavy (non-hydrogen) atoms. The number of para-hydroxylation sites is 1. The SMILES string of the molecule is COc1ccc(/C=C/C(=O)c2ccc(C)cc2)cc1COc1ccccc1C. The van der Waals surface area contributed by atoms with Gasteiger partial charge in [-0.1, -0.05) is 60.2 Å². The zero-order valence-corrected chi connectivity index (χ0v) is 16.4. The average molecular weight is 372 g/mol. The molecule has 0 aliphatic carbocycles. The van der Waals surface area contributed by atoms with E-state index in [0.717, 1.165) is 33.8 Å². The van der Waals surface area contributed by atoms with Gasteiger partial charge in [-0.3, -0.25) is 4.79 Å². The van der Waals surface area contributed by atoms with Gasteiger partial charge < -0.3 is 9.47 Å². The van der Waals surface area contributed by atoms with Gasteiger partial charge in [0, 0.05) is 11.1 Å². The Kier molecular flexibility index (Phi) is 6.28. The van der Waals surface area contributed by atoms with E-state index in [0.29, 0.717) is 12.2 Å². The van der Waals surface area contributed by atoms with Crippen molar-refractivity contribution in [1.29, 1.82) is 0 Å². The third-order valence-electron chi connectivity index (χ3n) is 4.54. The number of benzene rings is 3. The summed E-state index contributed by atoms with van der Waals surface area (Å²) in [5.41, 5.74) is 4.74. The molecule has 0 saturated heterocycles. The smallest absolute Gasteiger partial charge is 0.185 e. The fourth-order valence-corrected chi connectivity index (χ4v) is 2.87. The molecule has 0 saturated carbocycles. The maximum Gasteiger partial charge on any atom is 0.185 e. The number of aryl methyl sites for hydroxylation is 2. The largest absolute Gasteiger partial charge is 0.496 e. The van der Waals surface area contributed by atoms with Crippen LogP contribution < -0.4 is 9.47 Å². The summed E-state index contributed by atoms with van der Waals surface area (Å²) < 4.78 is 11.4. The lowest BCUT2D eigenvalue weighted by atomic mass is 10.1. The highest BCUT2D eigenvalue weighted by Gasteiger charge is 2.07. The second-order valence-corrected chi connectivity index (χ2v) is 6.69. The minimum absolute atomic E-state index is 0.0199. The van der Waals surface area contributed by atoms with E-state index in [1.54, 1.807) is 13.2 Å². The number of hydrogen-bond donors (Lipinski definition) is 0. The quantitative estimate of drug-likeness (QED) is 0.389. The van der Waals surface area contributed by atoms with Crippen LogP contribution in [0.1, 0.15) is 32.6 Å². The molecule has 0 radical (unpaired) electrons. The summed E-state index contributed by atoms with van der Waals surface area (Å²) in [6.07, 6.45) is 3.41. The second kappa shape index (κ2) is 9.05. The van der Waals surface area contributed by atoms with Crippen molar-refractivity contribution in [2.75, 3.05) is 7.11 Å². The number of hydrogen-bond acceptors (Lipinski definition) is 3. The molecular weight excluding hydrogens is 348 g/mol. The zero-order valence-electron chi connectivity index (χ0n) is 16.4. The van der Waals surface area contributed by atoms with Crippen LogP contribution in [0.5, 0.6) is 11.5 Å². The predicted molar refractivity (Wildman–Crippen MR) is 113 cm³/mol. The molecule has 0 aliphatic heterocycles. The Balaban J connectivity index is 1.75. The van der Waals surface area contributed by atoms with Gasteiger partial charge in [0.2, 0.25) is 0 Å². The van der Waals surface area contributed by atoms with Crippen LogP contribution in [0.3, 0.4) is 0 Å². The third kappa shape index (κ3) is 4.89. The molecule has 3 rings (SSSR count). The molecular formula is C25H24O3. The van der Waals surface area contributed by atoms with Crippen molar-refractivity contribution >= 4 is 11.9 Å². The van der Waals surface area contributed by atoms with Gasteiger partial charge in [-0.05, 0) is 49.2 Å². The molecule has 0 aliphatic rings. The Morgan fingerprint density at radius 2 is 1.68 bits per heavy atom. The van der Waals surface area contributed by atoms with E-state index in [1.165, 1.54) is 0 Å². The van der Waals surface area contributed by atoms with Gasteiger partial charge in [0.25, 0.3) is 0 Å². The molecule has 0 unspecified atom stereocenters. The van der Waals surface area contributed by atoms with Gasteiger partial charge in [0.05, 0.1) is 7.11 Å². The highest BCUT2D eigenvalue weighted by Crippen LogP contribution is 2.24. The third-order valence-corrected chi connectivity index (χ3v) is 4.54. The summed E-state index contributed by atoms with van der Waals surface area (Å²) in [5, 5.41) is 0. The molecule has 3 nitrogen and oxygen atoms in total. The minimum Gasteiger partial charge on any atom is -0.496 e. The number of ketones is 1. The highest BCUT2D eigenvalue weighted by molar-refractivity contribution is 6.06. The molecule has 142 valence electrons. The van der Waals surface area contributed by atoms with Crippen LogP contribution >= 0.6 is 0 Å². The number of carbonyl (C=O) groups is 1. The number of methoxy groups -OCH3 is 1. The van der Waals surface area contributed by atoms with Crippen LogP contribution in [-0.2, 0) is 6.61 Å². The zero-order chi connectivity index (χ0) is 19.9. The standard InChI is InChI=1S/C25H24O3/c1-18-8-12-21(13-9-18)23(26)14-10-20-11-15-25(27-3)22(16-20)17-28-24-7-5-4-6-19(24)2/h4-16H,17H2,1-3H3/b14-10+. The summed E-state index contributed by atoms with van der Waals surface area (Å²) >= 11 is 0. The van der Waals surface area contributed by atoms with E-state index in [1.807, 2.05) is 86.7 Å². The normalized spacial score (nSPS) is 10.8. The lowest BCUT2D eigenvalue weighted by molar-refractivity contribution is 0.104. The lowest BCUT2D eigenvalue weighted by Gasteiger charge is -2.12. The molecule has 0 amide bonds. The molecule has 0 atom stereocenters. The van der Waals surface area contributed by atoms with Gasteiger partial charge in [-0.2, -0.15) is 0 Å². The van der Waals surface area contributed by atoms with Crippen LogP contribution in [0.15, 0.2) is 72.8 Å². The maximum absolute atomic E-state index is 12.3. The Bertz CT molecular complexity index is 985. The maximum atomic E-state index is 12.3. The monoisotopic (exact) mass is 372 g/mol. The highest BCUT2D eigenvalue weighted by atomic mass is 16.5. The molecule has 0 spiro atoms. The first kappa shape index (κ1) is 19.4. The van der Waals surface area contributed by atoms with E-state index in [9.17, 15) is 4.79 Å². The van der Waals surface area contributed by atoms with Crippen LogP contribution in [0.2, 0.25) is 0 Å². The van der Waals surface area contributed by atoms with Crippen molar-refractivity contribution in [2.45, 2.75) is 20.5 Å². The van der Waals surface area contributed by atoms with Crippen molar-refractivity contribution in [2.24, 2.45) is 0 Å². The van der Waals surface area contributed by atoms with E-state index in [-0.39, 0.29) is 5.78 Å². The summed E-state index contributed by atoms with van der Waals surface area (Å²) in [6, 6.07) is 21.3. The number of ether oxygens (including phenoxy) is 2. The van der Waals surface area contributed by atoms with Gasteiger partial charge in [-0.25, -0.2) is 0 Å². The van der Waals surface area contributed by atoms with Crippen LogP contribution in [-0.4, -0.2) is 12.9 Å². The molecule has 3 aromatic rings. The van der Waals surface area contributed by atoms with Crippen LogP contribution in [0.25, 0.3) is 6.08 Å². The Labute approximate surface area is 166 Å². The number of allylic oxidation sites excluding steroid dienone is 1. The predicted octanol–water partition coefficient (Wildman–Crippen LogP) is 5.79. The van der Waals surface area contributed by atoms with Gasteiger partial charge in [-0.15, -0.1) is 0 Å². The van der Waals surface area contributed by atoms with Crippen molar-refractivity contribution < 1.29 is 14.3 Å². The van der Waals surface area contributed by atoms with Gasteiger partial charge in [0.15, 0.2) is 5.78 Å². The van der Waals surface area contributed by atoms with E-state index in [4.69, 9.17) is 9.47 Å². The number of carbonyl (C=O) groups excluding carboxylic acids is 1. The van der Waals surface area contributed by atoms with Crippen molar-refractivity contribution in [3.63, 3.8) is 0 Å². The van der Waals surface area contributed by atoms with Gasteiger partial charge >= 0.3 is 0 Å². The Hall–Kier alpha value is -3.33. The molecule has 0 N–H and O–H groups in total. The summed E-state index contributed by atoms with van der Waals surface area (Å²) in [4.78, 5) is 12.3.